The first-order valence-corrected chi connectivity index (χ1v) is 14.7. The van der Waals surface area contributed by atoms with Gasteiger partial charge in [-0.15, -0.1) is 0 Å². The van der Waals surface area contributed by atoms with Gasteiger partial charge in [-0.2, -0.15) is 0 Å². The van der Waals surface area contributed by atoms with Crippen molar-refractivity contribution < 1.29 is 0 Å². The Hall–Kier alpha value is -6.00. The van der Waals surface area contributed by atoms with Gasteiger partial charge in [-0.05, 0) is 45.7 Å². The summed E-state index contributed by atoms with van der Waals surface area (Å²) in [5, 5.41) is 3.45. The monoisotopic (exact) mass is 562 g/mol. The van der Waals surface area contributed by atoms with Crippen LogP contribution in [0.15, 0.2) is 158 Å². The van der Waals surface area contributed by atoms with E-state index in [-0.39, 0.29) is 0 Å². The molecule has 0 spiro atoms. The number of fused-ring (bicyclic) bond motifs is 2. The van der Waals surface area contributed by atoms with E-state index >= 15 is 0 Å². The quantitative estimate of drug-likeness (QED) is 0.209. The van der Waals surface area contributed by atoms with Gasteiger partial charge in [-0.1, -0.05) is 133 Å². The number of nitrogens with zero attached hydrogens (tertiary/aromatic N) is 4. The molecule has 0 atom stereocenters. The lowest BCUT2D eigenvalue weighted by molar-refractivity contribution is 1.07. The molecule has 206 valence electrons. The van der Waals surface area contributed by atoms with Crippen molar-refractivity contribution in [3.05, 3.63) is 158 Å². The summed E-state index contributed by atoms with van der Waals surface area (Å²) in [7, 11) is 0. The van der Waals surface area contributed by atoms with Crippen molar-refractivity contribution in [2.45, 2.75) is 0 Å². The van der Waals surface area contributed by atoms with E-state index in [1.807, 2.05) is 72.9 Å². The maximum atomic E-state index is 5.06. The average Bonchev–Trinajstić information content (AvgIpc) is 3.11. The number of aromatic nitrogens is 4. The third-order valence-corrected chi connectivity index (χ3v) is 8.00. The molecule has 0 aliphatic carbocycles. The maximum absolute atomic E-state index is 5.06. The van der Waals surface area contributed by atoms with Crippen LogP contribution in [0.2, 0.25) is 0 Å². The molecule has 0 fully saturated rings. The Balaban J connectivity index is 1.33. The summed E-state index contributed by atoms with van der Waals surface area (Å²) in [6.45, 7) is 0. The van der Waals surface area contributed by atoms with E-state index in [2.05, 4.69) is 89.9 Å². The first-order valence-electron chi connectivity index (χ1n) is 14.7. The predicted octanol–water partition coefficient (Wildman–Crippen LogP) is 9.91. The van der Waals surface area contributed by atoms with Crippen molar-refractivity contribution in [2.24, 2.45) is 0 Å². The Kier molecular flexibility index (Phi) is 6.43. The highest BCUT2D eigenvalue weighted by molar-refractivity contribution is 6.04. The molecule has 0 saturated carbocycles. The SMILES string of the molecule is c1ccc(-c2nc(-c3ccccc3)nc(-c3ccc4ccccc4c3-c3ccc(-c4cccc5ncccc45)cc3)n2)cc1. The first-order chi connectivity index (χ1) is 21.8. The van der Waals surface area contributed by atoms with E-state index in [1.165, 1.54) is 0 Å². The largest absolute Gasteiger partial charge is 0.256 e. The second-order valence-electron chi connectivity index (χ2n) is 10.7. The zero-order chi connectivity index (χ0) is 29.3. The van der Waals surface area contributed by atoms with Crippen molar-refractivity contribution >= 4 is 21.7 Å². The Morgan fingerprint density at radius 1 is 0.341 bits per heavy atom. The van der Waals surface area contributed by atoms with Gasteiger partial charge in [0.2, 0.25) is 0 Å². The summed E-state index contributed by atoms with van der Waals surface area (Å²) in [6, 6.07) is 52.2. The van der Waals surface area contributed by atoms with E-state index in [9.17, 15) is 0 Å². The van der Waals surface area contributed by atoms with Crippen LogP contribution < -0.4 is 0 Å². The van der Waals surface area contributed by atoms with Gasteiger partial charge < -0.3 is 0 Å². The molecule has 0 N–H and O–H groups in total. The van der Waals surface area contributed by atoms with Gasteiger partial charge in [0.05, 0.1) is 5.52 Å². The Morgan fingerprint density at radius 3 is 1.68 bits per heavy atom. The molecule has 2 heterocycles. The third kappa shape index (κ3) is 4.69. The number of pyridine rings is 1. The van der Waals surface area contributed by atoms with Crippen molar-refractivity contribution in [1.82, 2.24) is 19.9 Å². The Bertz CT molecular complexity index is 2200. The molecule has 44 heavy (non-hydrogen) atoms. The minimum atomic E-state index is 0.641. The molecule has 0 unspecified atom stereocenters. The number of hydrogen-bond donors (Lipinski definition) is 0. The van der Waals surface area contributed by atoms with E-state index in [0.717, 1.165) is 60.6 Å². The van der Waals surface area contributed by atoms with Crippen LogP contribution in [0.4, 0.5) is 0 Å². The maximum Gasteiger partial charge on any atom is 0.164 e. The van der Waals surface area contributed by atoms with Crippen molar-refractivity contribution in [1.29, 1.82) is 0 Å². The van der Waals surface area contributed by atoms with E-state index in [1.54, 1.807) is 0 Å². The van der Waals surface area contributed by atoms with Crippen LogP contribution in [0.25, 0.3) is 78.1 Å². The van der Waals surface area contributed by atoms with Crippen LogP contribution in [0, 0.1) is 0 Å². The highest BCUT2D eigenvalue weighted by Gasteiger charge is 2.18. The Morgan fingerprint density at radius 2 is 0.955 bits per heavy atom. The van der Waals surface area contributed by atoms with E-state index < -0.39 is 0 Å². The molecule has 4 heteroatoms. The standard InChI is InChI=1S/C40H26N4/c1-3-12-30(13-4-1)38-42-39(31-14-5-2-6-15-31)44-40(43-38)35-25-24-27-11-7-8-16-33(27)37(35)29-22-20-28(21-23-29)32-17-9-19-36-34(32)18-10-26-41-36/h1-26H. The van der Waals surface area contributed by atoms with Crippen LogP contribution in [-0.4, -0.2) is 19.9 Å². The summed E-state index contributed by atoms with van der Waals surface area (Å²) < 4.78 is 0. The molecular formula is C40H26N4. The minimum absolute atomic E-state index is 0.641. The fourth-order valence-electron chi connectivity index (χ4n) is 5.87. The fraction of sp³-hybridized carbons (Fsp3) is 0. The van der Waals surface area contributed by atoms with Crippen LogP contribution in [0.3, 0.4) is 0 Å². The van der Waals surface area contributed by atoms with E-state index in [4.69, 9.17) is 15.0 Å². The summed E-state index contributed by atoms with van der Waals surface area (Å²) >= 11 is 0. The smallest absolute Gasteiger partial charge is 0.164 e. The highest BCUT2D eigenvalue weighted by Crippen LogP contribution is 2.39. The molecular weight excluding hydrogens is 536 g/mol. The molecule has 0 aliphatic rings. The summed E-state index contributed by atoms with van der Waals surface area (Å²) in [5.74, 6) is 1.93. The van der Waals surface area contributed by atoms with Gasteiger partial charge in [0.1, 0.15) is 0 Å². The number of hydrogen-bond acceptors (Lipinski definition) is 4. The van der Waals surface area contributed by atoms with Crippen molar-refractivity contribution in [3.63, 3.8) is 0 Å². The topological polar surface area (TPSA) is 51.6 Å². The van der Waals surface area contributed by atoms with Crippen LogP contribution in [0.5, 0.6) is 0 Å². The minimum Gasteiger partial charge on any atom is -0.256 e. The molecule has 6 aromatic carbocycles. The average molecular weight is 563 g/mol. The molecule has 0 amide bonds. The van der Waals surface area contributed by atoms with Crippen LogP contribution >= 0.6 is 0 Å². The normalized spacial score (nSPS) is 11.2. The van der Waals surface area contributed by atoms with Crippen LogP contribution in [-0.2, 0) is 0 Å². The first kappa shape index (κ1) is 25.7. The third-order valence-electron chi connectivity index (χ3n) is 8.00. The fourth-order valence-corrected chi connectivity index (χ4v) is 5.87. The zero-order valence-corrected chi connectivity index (χ0v) is 23.8. The van der Waals surface area contributed by atoms with E-state index in [0.29, 0.717) is 17.5 Å². The predicted molar refractivity (Wildman–Crippen MR) is 180 cm³/mol. The van der Waals surface area contributed by atoms with Gasteiger partial charge in [-0.3, -0.25) is 4.98 Å². The molecule has 0 radical (unpaired) electrons. The molecule has 2 aromatic heterocycles. The summed E-state index contributed by atoms with van der Waals surface area (Å²) in [5.41, 5.74) is 8.35. The molecule has 4 nitrogen and oxygen atoms in total. The lowest BCUT2D eigenvalue weighted by atomic mass is 9.91. The van der Waals surface area contributed by atoms with Gasteiger partial charge in [0.15, 0.2) is 17.5 Å². The van der Waals surface area contributed by atoms with Crippen LogP contribution in [0.1, 0.15) is 0 Å². The molecule has 8 rings (SSSR count). The van der Waals surface area contributed by atoms with Crippen molar-refractivity contribution in [2.75, 3.05) is 0 Å². The molecule has 8 aromatic rings. The Labute approximate surface area is 255 Å². The second-order valence-corrected chi connectivity index (χ2v) is 10.7. The number of benzene rings is 6. The van der Waals surface area contributed by atoms with Gasteiger partial charge >= 0.3 is 0 Å². The lowest BCUT2D eigenvalue weighted by Gasteiger charge is -2.15. The highest BCUT2D eigenvalue weighted by atomic mass is 15.0. The van der Waals surface area contributed by atoms with Gasteiger partial charge in [0.25, 0.3) is 0 Å². The number of rotatable bonds is 5. The molecule has 0 bridgehead atoms. The van der Waals surface area contributed by atoms with Gasteiger partial charge in [0, 0.05) is 33.8 Å². The molecule has 0 saturated heterocycles. The second kappa shape index (κ2) is 11.0. The van der Waals surface area contributed by atoms with Crippen molar-refractivity contribution in [3.8, 4) is 56.4 Å². The zero-order valence-electron chi connectivity index (χ0n) is 23.8. The van der Waals surface area contributed by atoms with Gasteiger partial charge in [-0.25, -0.2) is 15.0 Å². The molecule has 0 aliphatic heterocycles. The summed E-state index contributed by atoms with van der Waals surface area (Å²) in [6.07, 6.45) is 1.84. The lowest BCUT2D eigenvalue weighted by Crippen LogP contribution is -2.01. The summed E-state index contributed by atoms with van der Waals surface area (Å²) in [4.78, 5) is 19.6.